The molecule has 0 fully saturated rings. The van der Waals surface area contributed by atoms with Gasteiger partial charge in [0.1, 0.15) is 23.0 Å². The van der Waals surface area contributed by atoms with Crippen LogP contribution in [0, 0.1) is 10.1 Å². The molecule has 0 saturated heterocycles. The van der Waals surface area contributed by atoms with Gasteiger partial charge in [-0.15, -0.1) is 0 Å². The molecule has 9 heteroatoms. The topological polar surface area (TPSA) is 119 Å². The van der Waals surface area contributed by atoms with Gasteiger partial charge >= 0.3 is 11.8 Å². The predicted octanol–water partition coefficient (Wildman–Crippen LogP) is 2.43. The number of hydrogen-bond donors (Lipinski definition) is 2. The number of alkyl carbamates (subject to hydrolysis) is 1. The molecule has 0 aliphatic rings. The summed E-state index contributed by atoms with van der Waals surface area (Å²) >= 11 is 0. The van der Waals surface area contributed by atoms with Gasteiger partial charge in [-0.1, -0.05) is 0 Å². The molecule has 9 nitrogen and oxygen atoms in total. The summed E-state index contributed by atoms with van der Waals surface area (Å²) in [4.78, 5) is 30.3. The second-order valence-electron chi connectivity index (χ2n) is 5.68. The van der Waals surface area contributed by atoms with Crippen LogP contribution in [0.1, 0.15) is 20.8 Å². The Morgan fingerprint density at radius 3 is 2.78 bits per heavy atom. The number of aromatic nitrogens is 2. The van der Waals surface area contributed by atoms with Crippen LogP contribution in [0.25, 0.3) is 11.0 Å². The molecule has 0 aliphatic carbocycles. The number of ether oxygens (including phenoxy) is 1. The SMILES string of the molecule is CC(C)(C)OC(=O)NCNc1c([N+](=O)[O-])cnc2cccnc12. The van der Waals surface area contributed by atoms with Gasteiger partial charge < -0.3 is 15.4 Å². The van der Waals surface area contributed by atoms with Crippen LogP contribution >= 0.6 is 0 Å². The molecule has 1 amide bonds. The predicted molar refractivity (Wildman–Crippen MR) is 84.1 cm³/mol. The summed E-state index contributed by atoms with van der Waals surface area (Å²) in [5.74, 6) is 0. The quantitative estimate of drug-likeness (QED) is 0.504. The first kappa shape index (κ1) is 16.4. The van der Waals surface area contributed by atoms with Gasteiger partial charge in [0.05, 0.1) is 17.1 Å². The van der Waals surface area contributed by atoms with Crippen molar-refractivity contribution < 1.29 is 14.5 Å². The van der Waals surface area contributed by atoms with E-state index in [1.54, 1.807) is 32.9 Å². The molecule has 2 aromatic heterocycles. The van der Waals surface area contributed by atoms with Crippen molar-refractivity contribution in [2.24, 2.45) is 0 Å². The monoisotopic (exact) mass is 319 g/mol. The van der Waals surface area contributed by atoms with E-state index in [0.717, 1.165) is 6.20 Å². The minimum absolute atomic E-state index is 0.0502. The van der Waals surface area contributed by atoms with Crippen molar-refractivity contribution in [2.45, 2.75) is 26.4 Å². The minimum Gasteiger partial charge on any atom is -0.444 e. The van der Waals surface area contributed by atoms with Crippen molar-refractivity contribution in [3.63, 3.8) is 0 Å². The second kappa shape index (κ2) is 6.42. The van der Waals surface area contributed by atoms with Crippen LogP contribution in [0.15, 0.2) is 24.5 Å². The molecule has 0 saturated carbocycles. The van der Waals surface area contributed by atoms with Crippen molar-refractivity contribution in [3.05, 3.63) is 34.6 Å². The third-order valence-corrected chi connectivity index (χ3v) is 2.70. The Morgan fingerprint density at radius 1 is 1.39 bits per heavy atom. The van der Waals surface area contributed by atoms with E-state index in [1.165, 1.54) is 6.20 Å². The van der Waals surface area contributed by atoms with Gasteiger partial charge in [0.2, 0.25) is 0 Å². The average molecular weight is 319 g/mol. The average Bonchev–Trinajstić information content (AvgIpc) is 2.45. The maximum absolute atomic E-state index is 11.6. The second-order valence-corrected chi connectivity index (χ2v) is 5.68. The Morgan fingerprint density at radius 2 is 2.13 bits per heavy atom. The van der Waals surface area contributed by atoms with E-state index in [9.17, 15) is 14.9 Å². The zero-order valence-corrected chi connectivity index (χ0v) is 13.0. The molecule has 23 heavy (non-hydrogen) atoms. The van der Waals surface area contributed by atoms with Gasteiger partial charge in [0.15, 0.2) is 0 Å². The molecule has 2 N–H and O–H groups in total. The Bertz CT molecular complexity index is 742. The number of anilines is 1. The van der Waals surface area contributed by atoms with Crippen LogP contribution in [0.3, 0.4) is 0 Å². The highest BCUT2D eigenvalue weighted by Crippen LogP contribution is 2.29. The number of amides is 1. The fourth-order valence-corrected chi connectivity index (χ4v) is 1.84. The smallest absolute Gasteiger partial charge is 0.409 e. The third kappa shape index (κ3) is 4.25. The highest BCUT2D eigenvalue weighted by Gasteiger charge is 2.20. The van der Waals surface area contributed by atoms with Gasteiger partial charge in [0, 0.05) is 6.20 Å². The van der Waals surface area contributed by atoms with Crippen LogP contribution in [-0.4, -0.2) is 33.3 Å². The number of nitrogens with one attached hydrogen (secondary N) is 2. The van der Waals surface area contributed by atoms with Crippen molar-refractivity contribution >= 4 is 28.5 Å². The molecule has 0 aliphatic heterocycles. The summed E-state index contributed by atoms with van der Waals surface area (Å²) in [5, 5.41) is 16.4. The maximum atomic E-state index is 11.6. The van der Waals surface area contributed by atoms with Gasteiger partial charge in [-0.25, -0.2) is 9.78 Å². The lowest BCUT2D eigenvalue weighted by Crippen LogP contribution is -2.35. The zero-order valence-electron chi connectivity index (χ0n) is 13.0. The number of nitrogens with zero attached hydrogens (tertiary/aromatic N) is 3. The molecular weight excluding hydrogens is 302 g/mol. The summed E-state index contributed by atoms with van der Waals surface area (Å²) in [6.07, 6.45) is 2.04. The Kier molecular flexibility index (Phi) is 4.58. The van der Waals surface area contributed by atoms with E-state index in [-0.39, 0.29) is 18.0 Å². The van der Waals surface area contributed by atoms with Crippen molar-refractivity contribution in [2.75, 3.05) is 12.0 Å². The molecule has 2 heterocycles. The summed E-state index contributed by atoms with van der Waals surface area (Å²) in [6.45, 7) is 5.17. The van der Waals surface area contributed by atoms with Crippen LogP contribution < -0.4 is 10.6 Å². The van der Waals surface area contributed by atoms with Crippen LogP contribution in [0.5, 0.6) is 0 Å². The molecule has 0 aromatic carbocycles. The van der Waals surface area contributed by atoms with E-state index in [2.05, 4.69) is 20.6 Å². The molecule has 2 aromatic rings. The fraction of sp³-hybridized carbons (Fsp3) is 0.357. The highest BCUT2D eigenvalue weighted by molar-refractivity contribution is 5.92. The number of fused-ring (bicyclic) bond motifs is 1. The lowest BCUT2D eigenvalue weighted by Gasteiger charge is -2.20. The lowest BCUT2D eigenvalue weighted by atomic mass is 10.2. The maximum Gasteiger partial charge on any atom is 0.409 e. The highest BCUT2D eigenvalue weighted by atomic mass is 16.6. The number of carbonyl (C=O) groups excluding carboxylic acids is 1. The molecule has 122 valence electrons. The molecule has 0 atom stereocenters. The number of hydrogen-bond acceptors (Lipinski definition) is 7. The minimum atomic E-state index is -0.626. The first-order valence-electron chi connectivity index (χ1n) is 6.87. The number of pyridine rings is 2. The fourth-order valence-electron chi connectivity index (χ4n) is 1.84. The molecule has 2 rings (SSSR count). The normalized spacial score (nSPS) is 11.1. The number of rotatable bonds is 4. The van der Waals surface area contributed by atoms with Gasteiger partial charge in [0.25, 0.3) is 0 Å². The van der Waals surface area contributed by atoms with E-state index in [4.69, 9.17) is 4.74 Å². The van der Waals surface area contributed by atoms with Crippen LogP contribution in [0.2, 0.25) is 0 Å². The van der Waals surface area contributed by atoms with E-state index < -0.39 is 16.6 Å². The van der Waals surface area contributed by atoms with E-state index >= 15 is 0 Å². The number of carbonyl (C=O) groups is 1. The van der Waals surface area contributed by atoms with E-state index in [1.807, 2.05) is 0 Å². The van der Waals surface area contributed by atoms with Crippen LogP contribution in [0.4, 0.5) is 16.2 Å². The lowest BCUT2D eigenvalue weighted by molar-refractivity contribution is -0.384. The van der Waals surface area contributed by atoms with Crippen molar-refractivity contribution in [1.29, 1.82) is 0 Å². The summed E-state index contributed by atoms with van der Waals surface area (Å²) < 4.78 is 5.09. The first-order valence-corrected chi connectivity index (χ1v) is 6.87. The van der Waals surface area contributed by atoms with E-state index in [0.29, 0.717) is 11.0 Å². The Labute approximate surface area is 132 Å². The Balaban J connectivity index is 2.17. The molecule has 0 bridgehead atoms. The summed E-state index contributed by atoms with van der Waals surface area (Å²) in [7, 11) is 0. The van der Waals surface area contributed by atoms with Crippen LogP contribution in [-0.2, 0) is 4.74 Å². The van der Waals surface area contributed by atoms with Gasteiger partial charge in [-0.2, -0.15) is 0 Å². The van der Waals surface area contributed by atoms with Gasteiger partial charge in [-0.05, 0) is 32.9 Å². The third-order valence-electron chi connectivity index (χ3n) is 2.70. The molecule has 0 radical (unpaired) electrons. The van der Waals surface area contributed by atoms with Crippen molar-refractivity contribution in [1.82, 2.24) is 15.3 Å². The largest absolute Gasteiger partial charge is 0.444 e. The summed E-state index contributed by atoms with van der Waals surface area (Å²) in [5.41, 5.74) is 0.213. The zero-order chi connectivity index (χ0) is 17.0. The molecular formula is C14H17N5O4. The molecule has 0 unspecified atom stereocenters. The van der Waals surface area contributed by atoms with Gasteiger partial charge in [-0.3, -0.25) is 15.1 Å². The number of nitro groups is 1. The Hall–Kier alpha value is -2.97. The van der Waals surface area contributed by atoms with Crippen molar-refractivity contribution in [3.8, 4) is 0 Å². The molecule has 0 spiro atoms. The first-order chi connectivity index (χ1) is 10.8. The summed E-state index contributed by atoms with van der Waals surface area (Å²) in [6, 6.07) is 3.38. The standard InChI is InChI=1S/C14H17N5O4/c1-14(2,3)23-13(20)18-8-17-12-10(19(21)22)7-16-9-5-4-6-15-11(9)12/h4-7H,8H2,1-3H3,(H,16,17)(H,18,20).